The summed E-state index contributed by atoms with van der Waals surface area (Å²) in [5.74, 6) is -0.846. The van der Waals surface area contributed by atoms with Crippen LogP contribution in [0.2, 0.25) is 0 Å². The van der Waals surface area contributed by atoms with E-state index in [1.165, 1.54) is 17.4 Å². The number of halogens is 1. The van der Waals surface area contributed by atoms with Crippen molar-refractivity contribution in [3.8, 4) is 0 Å². The van der Waals surface area contributed by atoms with E-state index >= 15 is 0 Å². The average Bonchev–Trinajstić information content (AvgIpc) is 2.70. The van der Waals surface area contributed by atoms with E-state index in [0.29, 0.717) is 10.6 Å². The van der Waals surface area contributed by atoms with E-state index in [1.54, 1.807) is 23.6 Å². The molecule has 1 heterocycles. The van der Waals surface area contributed by atoms with Gasteiger partial charge >= 0.3 is 0 Å². The molecular formula is C12H11FN2OS. The van der Waals surface area contributed by atoms with Gasteiger partial charge in [0.15, 0.2) is 0 Å². The van der Waals surface area contributed by atoms with E-state index < -0.39 is 5.82 Å². The summed E-state index contributed by atoms with van der Waals surface area (Å²) in [4.78, 5) is 12.2. The zero-order chi connectivity index (χ0) is 12.4. The van der Waals surface area contributed by atoms with Crippen molar-refractivity contribution >= 4 is 28.6 Å². The van der Waals surface area contributed by atoms with Gasteiger partial charge in [-0.2, -0.15) is 0 Å². The van der Waals surface area contributed by atoms with Crippen LogP contribution in [0.15, 0.2) is 29.6 Å². The van der Waals surface area contributed by atoms with Gasteiger partial charge in [-0.1, -0.05) is 6.07 Å². The Hall–Kier alpha value is -1.88. The van der Waals surface area contributed by atoms with Crippen molar-refractivity contribution < 1.29 is 9.18 Å². The number of aryl methyl sites for hydroxylation is 1. The summed E-state index contributed by atoms with van der Waals surface area (Å²) in [5.41, 5.74) is 7.07. The fourth-order valence-electron chi connectivity index (χ4n) is 1.42. The number of rotatable bonds is 2. The van der Waals surface area contributed by atoms with Crippen molar-refractivity contribution in [2.75, 3.05) is 11.1 Å². The van der Waals surface area contributed by atoms with Crippen molar-refractivity contribution in [3.63, 3.8) is 0 Å². The highest BCUT2D eigenvalue weighted by Crippen LogP contribution is 2.22. The zero-order valence-electron chi connectivity index (χ0n) is 9.16. The van der Waals surface area contributed by atoms with Gasteiger partial charge in [-0.3, -0.25) is 4.79 Å². The molecule has 17 heavy (non-hydrogen) atoms. The van der Waals surface area contributed by atoms with Crippen LogP contribution in [-0.2, 0) is 0 Å². The van der Waals surface area contributed by atoms with Crippen LogP contribution in [0.1, 0.15) is 15.2 Å². The topological polar surface area (TPSA) is 55.1 Å². The maximum atomic E-state index is 13.4. The van der Waals surface area contributed by atoms with Crippen LogP contribution >= 0.6 is 11.3 Å². The third-order valence-corrected chi connectivity index (χ3v) is 3.20. The molecular weight excluding hydrogens is 239 g/mol. The first kappa shape index (κ1) is 11.6. The third kappa shape index (κ3) is 2.45. The Labute approximate surface area is 102 Å². The molecule has 0 aliphatic carbocycles. The van der Waals surface area contributed by atoms with Crippen LogP contribution in [0.25, 0.3) is 0 Å². The second-order valence-corrected chi connectivity index (χ2v) is 4.56. The largest absolute Gasteiger partial charge is 0.397 e. The van der Waals surface area contributed by atoms with Crippen LogP contribution in [0.5, 0.6) is 0 Å². The van der Waals surface area contributed by atoms with Gasteiger partial charge in [0.05, 0.1) is 11.4 Å². The lowest BCUT2D eigenvalue weighted by atomic mass is 10.2. The Morgan fingerprint density at radius 1 is 1.41 bits per heavy atom. The number of anilines is 2. The minimum atomic E-state index is -0.459. The van der Waals surface area contributed by atoms with Gasteiger partial charge in [-0.15, -0.1) is 11.3 Å². The van der Waals surface area contributed by atoms with Gasteiger partial charge in [0.2, 0.25) is 0 Å². The van der Waals surface area contributed by atoms with E-state index in [2.05, 4.69) is 5.32 Å². The van der Waals surface area contributed by atoms with E-state index in [1.807, 2.05) is 6.92 Å². The van der Waals surface area contributed by atoms with E-state index in [9.17, 15) is 9.18 Å². The Balaban J connectivity index is 2.24. The molecule has 2 aromatic rings. The second kappa shape index (κ2) is 4.55. The second-order valence-electron chi connectivity index (χ2n) is 3.64. The predicted molar refractivity (Wildman–Crippen MR) is 67.8 cm³/mol. The number of carbonyl (C=O) groups is 1. The molecule has 0 saturated heterocycles. The number of amides is 1. The smallest absolute Gasteiger partial charge is 0.267 e. The van der Waals surface area contributed by atoms with Crippen molar-refractivity contribution in [1.82, 2.24) is 0 Å². The van der Waals surface area contributed by atoms with Crippen LogP contribution in [0.3, 0.4) is 0 Å². The standard InChI is InChI=1S/C12H11FN2OS/c1-7-2-3-8(13)10(6-7)15-12(16)11-9(14)4-5-17-11/h2-6H,14H2,1H3,(H,15,16). The summed E-state index contributed by atoms with van der Waals surface area (Å²) in [6.45, 7) is 1.83. The molecule has 1 aromatic heterocycles. The van der Waals surface area contributed by atoms with Gasteiger partial charge in [0, 0.05) is 0 Å². The van der Waals surface area contributed by atoms with Gasteiger partial charge < -0.3 is 11.1 Å². The van der Waals surface area contributed by atoms with Crippen LogP contribution in [-0.4, -0.2) is 5.91 Å². The fraction of sp³-hybridized carbons (Fsp3) is 0.0833. The molecule has 0 spiro atoms. The number of nitrogen functional groups attached to an aromatic ring is 1. The highest BCUT2D eigenvalue weighted by molar-refractivity contribution is 7.12. The summed E-state index contributed by atoms with van der Waals surface area (Å²) >= 11 is 1.23. The lowest BCUT2D eigenvalue weighted by Gasteiger charge is -2.06. The quantitative estimate of drug-likeness (QED) is 0.860. The highest BCUT2D eigenvalue weighted by Gasteiger charge is 2.13. The number of nitrogens with two attached hydrogens (primary N) is 1. The van der Waals surface area contributed by atoms with Gasteiger partial charge in [-0.05, 0) is 36.1 Å². The van der Waals surface area contributed by atoms with Crippen molar-refractivity contribution in [1.29, 1.82) is 0 Å². The van der Waals surface area contributed by atoms with Gasteiger partial charge in [-0.25, -0.2) is 4.39 Å². The molecule has 0 bridgehead atoms. The normalized spacial score (nSPS) is 10.2. The van der Waals surface area contributed by atoms with Crippen molar-refractivity contribution in [3.05, 3.63) is 45.9 Å². The van der Waals surface area contributed by atoms with Crippen molar-refractivity contribution in [2.24, 2.45) is 0 Å². The fourth-order valence-corrected chi connectivity index (χ4v) is 2.13. The lowest BCUT2D eigenvalue weighted by Crippen LogP contribution is -2.13. The molecule has 0 aliphatic rings. The van der Waals surface area contributed by atoms with E-state index in [4.69, 9.17) is 5.73 Å². The summed E-state index contributed by atoms with van der Waals surface area (Å²) in [5, 5.41) is 4.23. The molecule has 0 atom stereocenters. The average molecular weight is 250 g/mol. The number of carbonyl (C=O) groups excluding carboxylic acids is 1. The van der Waals surface area contributed by atoms with E-state index in [0.717, 1.165) is 5.56 Å². The Morgan fingerprint density at radius 3 is 2.82 bits per heavy atom. The number of nitrogens with one attached hydrogen (secondary N) is 1. The molecule has 5 heteroatoms. The molecule has 2 rings (SSSR count). The Morgan fingerprint density at radius 2 is 2.18 bits per heavy atom. The number of thiophene rings is 1. The van der Waals surface area contributed by atoms with E-state index in [-0.39, 0.29) is 11.6 Å². The Bertz CT molecular complexity index is 565. The molecule has 3 N–H and O–H groups in total. The minimum absolute atomic E-state index is 0.169. The first-order valence-corrected chi connectivity index (χ1v) is 5.86. The molecule has 88 valence electrons. The third-order valence-electron chi connectivity index (χ3n) is 2.27. The maximum absolute atomic E-state index is 13.4. The molecule has 3 nitrogen and oxygen atoms in total. The first-order chi connectivity index (χ1) is 8.08. The number of hydrogen-bond acceptors (Lipinski definition) is 3. The molecule has 1 amide bonds. The lowest BCUT2D eigenvalue weighted by molar-refractivity contribution is 0.103. The molecule has 0 saturated carbocycles. The van der Waals surface area contributed by atoms with Gasteiger partial charge in [0.25, 0.3) is 5.91 Å². The monoisotopic (exact) mass is 250 g/mol. The molecule has 0 radical (unpaired) electrons. The summed E-state index contributed by atoms with van der Waals surface area (Å²) in [6, 6.07) is 6.19. The number of benzene rings is 1. The predicted octanol–water partition coefficient (Wildman–Crippen LogP) is 3.03. The minimum Gasteiger partial charge on any atom is -0.397 e. The van der Waals surface area contributed by atoms with Crippen LogP contribution in [0.4, 0.5) is 15.8 Å². The molecule has 1 aromatic carbocycles. The number of hydrogen-bond donors (Lipinski definition) is 2. The van der Waals surface area contributed by atoms with Crippen LogP contribution < -0.4 is 11.1 Å². The molecule has 0 unspecified atom stereocenters. The SMILES string of the molecule is Cc1ccc(F)c(NC(=O)c2sccc2N)c1. The Kier molecular flexibility index (Phi) is 3.10. The maximum Gasteiger partial charge on any atom is 0.267 e. The highest BCUT2D eigenvalue weighted by atomic mass is 32.1. The first-order valence-electron chi connectivity index (χ1n) is 4.98. The van der Waals surface area contributed by atoms with Crippen molar-refractivity contribution in [2.45, 2.75) is 6.92 Å². The summed E-state index contributed by atoms with van der Waals surface area (Å²) in [7, 11) is 0. The molecule has 0 aliphatic heterocycles. The zero-order valence-corrected chi connectivity index (χ0v) is 9.98. The van der Waals surface area contributed by atoms with Gasteiger partial charge in [0.1, 0.15) is 10.7 Å². The summed E-state index contributed by atoms with van der Waals surface area (Å²) < 4.78 is 13.4. The summed E-state index contributed by atoms with van der Waals surface area (Å²) in [6.07, 6.45) is 0. The van der Waals surface area contributed by atoms with Crippen LogP contribution in [0, 0.1) is 12.7 Å². The molecule has 0 fully saturated rings.